The Morgan fingerprint density at radius 3 is 2.63 bits per heavy atom. The minimum Gasteiger partial charge on any atom is -0.353 e. The van der Waals surface area contributed by atoms with Crippen LogP contribution in [0.15, 0.2) is 17.5 Å². The summed E-state index contributed by atoms with van der Waals surface area (Å²) in [7, 11) is 4.04. The molecule has 1 rings (SSSR count). The van der Waals surface area contributed by atoms with E-state index in [1.54, 1.807) is 11.3 Å². The molecular weight excluding hydrogens is 258 g/mol. The van der Waals surface area contributed by atoms with Crippen LogP contribution in [0, 0.1) is 5.92 Å². The first-order chi connectivity index (χ1) is 8.91. The number of thiophene rings is 1. The van der Waals surface area contributed by atoms with Crippen molar-refractivity contribution in [2.75, 3.05) is 20.6 Å². The molecule has 0 aliphatic rings. The number of rotatable bonds is 7. The van der Waals surface area contributed by atoms with Gasteiger partial charge in [-0.2, -0.15) is 0 Å². The summed E-state index contributed by atoms with van der Waals surface area (Å²) in [5.74, 6) is 0.375. The predicted octanol–water partition coefficient (Wildman–Crippen LogP) is 1.84. The first kappa shape index (κ1) is 16.1. The molecule has 0 aliphatic heterocycles. The third-order valence-corrected chi connectivity index (χ3v) is 4.00. The summed E-state index contributed by atoms with van der Waals surface area (Å²) in [6.07, 6.45) is 0.720. The molecule has 2 atom stereocenters. The Bertz CT molecular complexity index is 376. The van der Waals surface area contributed by atoms with Crippen LogP contribution in [-0.2, 0) is 4.79 Å². The molecule has 0 saturated carbocycles. The molecular formula is C14H25N3OS. The molecule has 19 heavy (non-hydrogen) atoms. The van der Waals surface area contributed by atoms with Crippen LogP contribution in [0.4, 0.5) is 0 Å². The van der Waals surface area contributed by atoms with Gasteiger partial charge in [0, 0.05) is 11.4 Å². The lowest BCUT2D eigenvalue weighted by atomic mass is 10.0. The van der Waals surface area contributed by atoms with Crippen molar-refractivity contribution >= 4 is 17.2 Å². The Labute approximate surface area is 120 Å². The SMILES string of the molecule is CC(C)C[C@H](N)C(=O)NCC(c1cccs1)N(C)C. The summed E-state index contributed by atoms with van der Waals surface area (Å²) in [5, 5.41) is 5.01. The summed E-state index contributed by atoms with van der Waals surface area (Å²) >= 11 is 1.71. The van der Waals surface area contributed by atoms with Crippen LogP contribution in [0.3, 0.4) is 0 Å². The Balaban J connectivity index is 2.51. The fourth-order valence-corrected chi connectivity index (χ4v) is 2.88. The van der Waals surface area contributed by atoms with Gasteiger partial charge >= 0.3 is 0 Å². The molecule has 1 heterocycles. The number of likely N-dealkylation sites (N-methyl/N-ethyl adjacent to an activating group) is 1. The van der Waals surface area contributed by atoms with E-state index in [0.29, 0.717) is 12.5 Å². The van der Waals surface area contributed by atoms with Crippen LogP contribution in [0.1, 0.15) is 31.2 Å². The highest BCUT2D eigenvalue weighted by molar-refractivity contribution is 7.10. The monoisotopic (exact) mass is 283 g/mol. The van der Waals surface area contributed by atoms with Crippen molar-refractivity contribution in [3.8, 4) is 0 Å². The fraction of sp³-hybridized carbons (Fsp3) is 0.643. The zero-order chi connectivity index (χ0) is 14.4. The van der Waals surface area contributed by atoms with Gasteiger partial charge < -0.3 is 16.0 Å². The first-order valence-electron chi connectivity index (χ1n) is 6.65. The number of hydrogen-bond donors (Lipinski definition) is 2. The van der Waals surface area contributed by atoms with E-state index in [1.807, 2.05) is 20.2 Å². The zero-order valence-corrected chi connectivity index (χ0v) is 13.0. The summed E-state index contributed by atoms with van der Waals surface area (Å²) in [6, 6.07) is 3.92. The summed E-state index contributed by atoms with van der Waals surface area (Å²) in [5.41, 5.74) is 5.88. The molecule has 3 N–H and O–H groups in total. The number of nitrogens with two attached hydrogens (primary N) is 1. The highest BCUT2D eigenvalue weighted by Crippen LogP contribution is 2.22. The van der Waals surface area contributed by atoms with E-state index in [0.717, 1.165) is 6.42 Å². The molecule has 0 bridgehead atoms. The van der Waals surface area contributed by atoms with Crippen LogP contribution in [0.5, 0.6) is 0 Å². The molecule has 0 aromatic carbocycles. The van der Waals surface area contributed by atoms with Crippen LogP contribution >= 0.6 is 11.3 Å². The number of nitrogens with one attached hydrogen (secondary N) is 1. The molecule has 0 spiro atoms. The van der Waals surface area contributed by atoms with E-state index in [-0.39, 0.29) is 11.9 Å². The summed E-state index contributed by atoms with van der Waals surface area (Å²) in [4.78, 5) is 15.3. The normalized spacial score (nSPS) is 14.7. The largest absolute Gasteiger partial charge is 0.353 e. The average Bonchev–Trinajstić information content (AvgIpc) is 2.81. The van der Waals surface area contributed by atoms with Crippen molar-refractivity contribution in [3.63, 3.8) is 0 Å². The van der Waals surface area contributed by atoms with Crippen molar-refractivity contribution in [2.45, 2.75) is 32.4 Å². The van der Waals surface area contributed by atoms with Crippen LogP contribution in [0.25, 0.3) is 0 Å². The van der Waals surface area contributed by atoms with Crippen molar-refractivity contribution in [1.29, 1.82) is 0 Å². The molecule has 0 aliphatic carbocycles. The number of carbonyl (C=O) groups is 1. The number of carbonyl (C=O) groups excluding carboxylic acids is 1. The molecule has 0 radical (unpaired) electrons. The Morgan fingerprint density at radius 1 is 1.47 bits per heavy atom. The molecule has 1 unspecified atom stereocenters. The van der Waals surface area contributed by atoms with E-state index in [2.05, 4.69) is 35.5 Å². The fourth-order valence-electron chi connectivity index (χ4n) is 1.96. The highest BCUT2D eigenvalue weighted by atomic mass is 32.1. The first-order valence-corrected chi connectivity index (χ1v) is 7.53. The smallest absolute Gasteiger partial charge is 0.236 e. The van der Waals surface area contributed by atoms with Crippen molar-refractivity contribution in [2.24, 2.45) is 11.7 Å². The second kappa shape index (κ2) is 7.62. The zero-order valence-electron chi connectivity index (χ0n) is 12.2. The summed E-state index contributed by atoms with van der Waals surface area (Å²) in [6.45, 7) is 4.74. The van der Waals surface area contributed by atoms with Gasteiger partial charge in [0.2, 0.25) is 5.91 Å². The second-order valence-electron chi connectivity index (χ2n) is 5.48. The topological polar surface area (TPSA) is 58.4 Å². The van der Waals surface area contributed by atoms with Gasteiger partial charge in [-0.15, -0.1) is 11.3 Å². The van der Waals surface area contributed by atoms with E-state index in [9.17, 15) is 4.79 Å². The van der Waals surface area contributed by atoms with Gasteiger partial charge in [0.15, 0.2) is 0 Å². The lowest BCUT2D eigenvalue weighted by molar-refractivity contribution is -0.122. The van der Waals surface area contributed by atoms with Gasteiger partial charge in [-0.3, -0.25) is 4.79 Å². The lowest BCUT2D eigenvalue weighted by Gasteiger charge is -2.24. The third kappa shape index (κ3) is 5.30. The number of amides is 1. The Kier molecular flexibility index (Phi) is 6.48. The van der Waals surface area contributed by atoms with Crippen LogP contribution < -0.4 is 11.1 Å². The molecule has 4 nitrogen and oxygen atoms in total. The van der Waals surface area contributed by atoms with Gasteiger partial charge in [-0.25, -0.2) is 0 Å². The van der Waals surface area contributed by atoms with Crippen molar-refractivity contribution in [3.05, 3.63) is 22.4 Å². The Morgan fingerprint density at radius 2 is 2.16 bits per heavy atom. The summed E-state index contributed by atoms with van der Waals surface area (Å²) < 4.78 is 0. The van der Waals surface area contributed by atoms with Gasteiger partial charge in [0.05, 0.1) is 12.1 Å². The second-order valence-corrected chi connectivity index (χ2v) is 6.46. The van der Waals surface area contributed by atoms with Gasteiger partial charge in [0.1, 0.15) is 0 Å². The molecule has 1 amide bonds. The highest BCUT2D eigenvalue weighted by Gasteiger charge is 2.19. The minimum atomic E-state index is -0.411. The quantitative estimate of drug-likeness (QED) is 0.803. The molecule has 1 aromatic heterocycles. The van der Waals surface area contributed by atoms with Crippen molar-refractivity contribution in [1.82, 2.24) is 10.2 Å². The maximum atomic E-state index is 11.9. The number of hydrogen-bond acceptors (Lipinski definition) is 4. The molecule has 0 fully saturated rings. The standard InChI is InChI=1S/C14H25N3OS/c1-10(2)8-11(15)14(18)16-9-12(17(3)4)13-6-5-7-19-13/h5-7,10-12H,8-9,15H2,1-4H3,(H,16,18)/t11-,12?/m0/s1. The van der Waals surface area contributed by atoms with E-state index >= 15 is 0 Å². The maximum Gasteiger partial charge on any atom is 0.236 e. The van der Waals surface area contributed by atoms with Crippen LogP contribution in [-0.4, -0.2) is 37.5 Å². The van der Waals surface area contributed by atoms with E-state index in [4.69, 9.17) is 5.73 Å². The van der Waals surface area contributed by atoms with Gasteiger partial charge in [0.25, 0.3) is 0 Å². The predicted molar refractivity (Wildman–Crippen MR) is 81.2 cm³/mol. The number of nitrogens with zero attached hydrogens (tertiary/aromatic N) is 1. The van der Waals surface area contributed by atoms with Crippen LogP contribution in [0.2, 0.25) is 0 Å². The third-order valence-electron chi connectivity index (χ3n) is 3.03. The maximum absolute atomic E-state index is 11.9. The molecule has 1 aromatic rings. The molecule has 5 heteroatoms. The lowest BCUT2D eigenvalue weighted by Crippen LogP contribution is -2.44. The van der Waals surface area contributed by atoms with E-state index < -0.39 is 6.04 Å². The Hall–Kier alpha value is -0.910. The molecule has 108 valence electrons. The van der Waals surface area contributed by atoms with Gasteiger partial charge in [-0.1, -0.05) is 19.9 Å². The van der Waals surface area contributed by atoms with Gasteiger partial charge in [-0.05, 0) is 37.9 Å². The molecule has 0 saturated heterocycles. The minimum absolute atomic E-state index is 0.0582. The average molecular weight is 283 g/mol. The van der Waals surface area contributed by atoms with E-state index in [1.165, 1.54) is 4.88 Å². The van der Waals surface area contributed by atoms with Crippen molar-refractivity contribution < 1.29 is 4.79 Å².